The Morgan fingerprint density at radius 1 is 1.52 bits per heavy atom. The van der Waals surface area contributed by atoms with E-state index in [1.807, 2.05) is 24.5 Å². The van der Waals surface area contributed by atoms with Gasteiger partial charge in [-0.2, -0.15) is 0 Å². The first-order chi connectivity index (χ1) is 10.2. The van der Waals surface area contributed by atoms with Crippen LogP contribution in [0.25, 0.3) is 0 Å². The molecule has 1 aliphatic heterocycles. The fourth-order valence-corrected chi connectivity index (χ4v) is 2.69. The quantitative estimate of drug-likeness (QED) is 0.670. The predicted octanol–water partition coefficient (Wildman–Crippen LogP) is 2.19. The number of benzene rings is 1. The molecule has 0 saturated heterocycles. The Balaban J connectivity index is 1.66. The van der Waals surface area contributed by atoms with E-state index in [0.29, 0.717) is 5.96 Å². The maximum absolute atomic E-state index is 6.04. The van der Waals surface area contributed by atoms with Crippen LogP contribution in [-0.4, -0.2) is 21.6 Å². The number of imidazole rings is 1. The molecule has 0 radical (unpaired) electrons. The van der Waals surface area contributed by atoms with Crippen LogP contribution in [0.3, 0.4) is 0 Å². The van der Waals surface area contributed by atoms with Crippen molar-refractivity contribution in [3.05, 3.63) is 48.0 Å². The number of aromatic nitrogens is 2. The van der Waals surface area contributed by atoms with Crippen LogP contribution in [-0.2, 0) is 19.4 Å². The first-order valence-corrected chi connectivity index (χ1v) is 7.44. The second kappa shape index (κ2) is 5.99. The SMILES string of the molecule is CCc1cccc(NC(N)=NC2CCn3ccnc3C2)c1. The average Bonchev–Trinajstić information content (AvgIpc) is 2.95. The van der Waals surface area contributed by atoms with Crippen LogP contribution in [0.15, 0.2) is 41.7 Å². The van der Waals surface area contributed by atoms with Crippen LogP contribution in [0.2, 0.25) is 0 Å². The molecule has 21 heavy (non-hydrogen) atoms. The number of rotatable bonds is 3. The highest BCUT2D eigenvalue weighted by molar-refractivity contribution is 5.92. The number of aliphatic imine (C=N–C) groups is 1. The van der Waals surface area contributed by atoms with E-state index in [1.165, 1.54) is 5.56 Å². The second-order valence-corrected chi connectivity index (χ2v) is 5.38. The van der Waals surface area contributed by atoms with Gasteiger partial charge in [-0.15, -0.1) is 0 Å². The van der Waals surface area contributed by atoms with Gasteiger partial charge in [-0.1, -0.05) is 19.1 Å². The monoisotopic (exact) mass is 283 g/mol. The van der Waals surface area contributed by atoms with Crippen molar-refractivity contribution >= 4 is 11.6 Å². The molecule has 0 aliphatic carbocycles. The predicted molar refractivity (Wildman–Crippen MR) is 85.4 cm³/mol. The Labute approximate surface area is 124 Å². The molecule has 1 aliphatic rings. The lowest BCUT2D eigenvalue weighted by atomic mass is 10.1. The van der Waals surface area contributed by atoms with E-state index in [9.17, 15) is 0 Å². The van der Waals surface area contributed by atoms with Gasteiger partial charge in [0.1, 0.15) is 5.82 Å². The fourth-order valence-electron chi connectivity index (χ4n) is 2.69. The Kier molecular flexibility index (Phi) is 3.90. The maximum Gasteiger partial charge on any atom is 0.193 e. The third kappa shape index (κ3) is 3.24. The van der Waals surface area contributed by atoms with Crippen molar-refractivity contribution in [2.75, 3.05) is 5.32 Å². The molecule has 5 heteroatoms. The lowest BCUT2D eigenvalue weighted by Crippen LogP contribution is -2.29. The number of guanidine groups is 1. The van der Waals surface area contributed by atoms with Crippen molar-refractivity contribution in [3.63, 3.8) is 0 Å². The van der Waals surface area contributed by atoms with Crippen LogP contribution in [0.1, 0.15) is 24.7 Å². The first-order valence-electron chi connectivity index (χ1n) is 7.44. The zero-order valence-corrected chi connectivity index (χ0v) is 12.3. The molecule has 2 aromatic rings. The minimum absolute atomic E-state index is 0.210. The number of nitrogens with two attached hydrogens (primary N) is 1. The number of hydrogen-bond donors (Lipinski definition) is 2. The topological polar surface area (TPSA) is 68.2 Å². The van der Waals surface area contributed by atoms with Gasteiger partial charge < -0.3 is 15.6 Å². The van der Waals surface area contributed by atoms with Crippen LogP contribution in [0, 0.1) is 0 Å². The number of nitrogens with one attached hydrogen (secondary N) is 1. The highest BCUT2D eigenvalue weighted by Gasteiger charge is 2.18. The number of nitrogens with zero attached hydrogens (tertiary/aromatic N) is 3. The van der Waals surface area contributed by atoms with Crippen molar-refractivity contribution in [3.8, 4) is 0 Å². The van der Waals surface area contributed by atoms with E-state index >= 15 is 0 Å². The molecule has 3 N–H and O–H groups in total. The van der Waals surface area contributed by atoms with E-state index in [-0.39, 0.29) is 6.04 Å². The van der Waals surface area contributed by atoms with Gasteiger partial charge in [-0.25, -0.2) is 9.98 Å². The Morgan fingerprint density at radius 3 is 3.29 bits per heavy atom. The largest absolute Gasteiger partial charge is 0.370 e. The van der Waals surface area contributed by atoms with E-state index in [1.54, 1.807) is 0 Å². The average molecular weight is 283 g/mol. The smallest absolute Gasteiger partial charge is 0.193 e. The molecule has 1 aromatic carbocycles. The summed E-state index contributed by atoms with van der Waals surface area (Å²) in [4.78, 5) is 8.95. The van der Waals surface area contributed by atoms with Crippen molar-refractivity contribution in [1.82, 2.24) is 9.55 Å². The lowest BCUT2D eigenvalue weighted by molar-refractivity contribution is 0.465. The molecule has 1 unspecified atom stereocenters. The maximum atomic E-state index is 6.04. The Morgan fingerprint density at radius 2 is 2.43 bits per heavy atom. The minimum Gasteiger partial charge on any atom is -0.370 e. The summed E-state index contributed by atoms with van der Waals surface area (Å²) in [7, 11) is 0. The van der Waals surface area contributed by atoms with Crippen LogP contribution in [0.4, 0.5) is 5.69 Å². The van der Waals surface area contributed by atoms with Gasteiger partial charge in [-0.3, -0.25) is 0 Å². The summed E-state index contributed by atoms with van der Waals surface area (Å²) < 4.78 is 2.18. The van der Waals surface area contributed by atoms with Crippen molar-refractivity contribution in [2.24, 2.45) is 10.7 Å². The molecule has 1 atom stereocenters. The molecule has 0 fully saturated rings. The van der Waals surface area contributed by atoms with Gasteiger partial charge in [0.25, 0.3) is 0 Å². The molecular formula is C16H21N5. The van der Waals surface area contributed by atoms with Gasteiger partial charge in [-0.05, 0) is 30.5 Å². The Hall–Kier alpha value is -2.30. The van der Waals surface area contributed by atoms with Crippen LogP contribution >= 0.6 is 0 Å². The minimum atomic E-state index is 0.210. The zero-order chi connectivity index (χ0) is 14.7. The van der Waals surface area contributed by atoms with Gasteiger partial charge in [0.2, 0.25) is 0 Å². The summed E-state index contributed by atoms with van der Waals surface area (Å²) in [6, 6.07) is 8.47. The molecule has 0 saturated carbocycles. The molecule has 5 nitrogen and oxygen atoms in total. The summed E-state index contributed by atoms with van der Waals surface area (Å²) in [5, 5.41) is 3.18. The molecule has 0 amide bonds. The lowest BCUT2D eigenvalue weighted by Gasteiger charge is -2.20. The van der Waals surface area contributed by atoms with Crippen molar-refractivity contribution in [2.45, 2.75) is 38.8 Å². The van der Waals surface area contributed by atoms with Gasteiger partial charge >= 0.3 is 0 Å². The summed E-state index contributed by atoms with van der Waals surface area (Å²) in [5.74, 6) is 1.57. The van der Waals surface area contributed by atoms with Crippen molar-refractivity contribution < 1.29 is 0 Å². The Bertz CT molecular complexity index is 644. The molecular weight excluding hydrogens is 262 g/mol. The number of fused-ring (bicyclic) bond motifs is 1. The third-order valence-corrected chi connectivity index (χ3v) is 3.85. The van der Waals surface area contributed by atoms with E-state index < -0.39 is 0 Å². The second-order valence-electron chi connectivity index (χ2n) is 5.38. The molecule has 1 aromatic heterocycles. The fraction of sp³-hybridized carbons (Fsp3) is 0.375. The molecule has 2 heterocycles. The molecule has 0 spiro atoms. The summed E-state index contributed by atoms with van der Waals surface area (Å²) in [6.07, 6.45) is 6.73. The van der Waals surface area contributed by atoms with Gasteiger partial charge in [0.05, 0.1) is 6.04 Å². The van der Waals surface area contributed by atoms with Gasteiger partial charge in [0.15, 0.2) is 5.96 Å². The van der Waals surface area contributed by atoms with E-state index in [2.05, 4.69) is 38.9 Å². The molecule has 0 bridgehead atoms. The highest BCUT2D eigenvalue weighted by Crippen LogP contribution is 2.16. The summed E-state index contributed by atoms with van der Waals surface area (Å²) in [6.45, 7) is 3.10. The van der Waals surface area contributed by atoms with Crippen LogP contribution < -0.4 is 11.1 Å². The normalized spacial score (nSPS) is 18.3. The first kappa shape index (κ1) is 13.7. The highest BCUT2D eigenvalue weighted by atomic mass is 15.1. The van der Waals surface area contributed by atoms with E-state index in [4.69, 9.17) is 5.73 Å². The standard InChI is InChI=1S/C16H21N5/c1-2-12-4-3-5-13(10-12)19-16(17)20-14-6-8-21-9-7-18-15(21)11-14/h3-5,7,9-10,14H,2,6,8,11H2,1H3,(H3,17,19,20). The number of aryl methyl sites for hydroxylation is 2. The van der Waals surface area contributed by atoms with E-state index in [0.717, 1.165) is 37.3 Å². The number of hydrogen-bond acceptors (Lipinski definition) is 2. The molecule has 110 valence electrons. The molecule has 3 rings (SSSR count). The zero-order valence-electron chi connectivity index (χ0n) is 12.3. The number of anilines is 1. The van der Waals surface area contributed by atoms with Gasteiger partial charge in [0, 0.05) is 31.0 Å². The van der Waals surface area contributed by atoms with Crippen LogP contribution in [0.5, 0.6) is 0 Å². The van der Waals surface area contributed by atoms with Crippen molar-refractivity contribution in [1.29, 1.82) is 0 Å². The summed E-state index contributed by atoms with van der Waals surface area (Å²) in [5.41, 5.74) is 8.31. The summed E-state index contributed by atoms with van der Waals surface area (Å²) >= 11 is 0. The third-order valence-electron chi connectivity index (χ3n) is 3.85.